The zero-order valence-corrected chi connectivity index (χ0v) is 10.3. The van der Waals surface area contributed by atoms with E-state index in [1.807, 2.05) is 0 Å². The molecule has 0 aliphatic carbocycles. The number of carbonyl (C=O) groups excluding carboxylic acids is 2. The van der Waals surface area contributed by atoms with Crippen molar-refractivity contribution in [2.45, 2.75) is 12.5 Å². The molecule has 7 nitrogen and oxygen atoms in total. The van der Waals surface area contributed by atoms with Gasteiger partial charge in [-0.3, -0.25) is 4.79 Å². The average molecular weight is 281 g/mol. The lowest BCUT2D eigenvalue weighted by atomic mass is 10.1. The molecule has 1 heterocycles. The van der Waals surface area contributed by atoms with E-state index in [2.05, 4.69) is 16.0 Å². The molecular formula is C12H12FN3O4. The third-order valence-electron chi connectivity index (χ3n) is 2.77. The van der Waals surface area contributed by atoms with Gasteiger partial charge in [-0.1, -0.05) is 0 Å². The standard InChI is InChI=1S/C12H12FN3O4/c13-6-1-2-9(8(3-6)11(18)19)16-12(20)15-7-4-10(17)14-5-7/h1-3,7H,4-5H2,(H,14,17)(H,18,19)(H2,15,16,20). The summed E-state index contributed by atoms with van der Waals surface area (Å²) in [5.41, 5.74) is -0.366. The maximum absolute atomic E-state index is 13.0. The van der Waals surface area contributed by atoms with Gasteiger partial charge in [-0.2, -0.15) is 0 Å². The Kier molecular flexibility index (Phi) is 3.83. The Hall–Kier alpha value is -2.64. The highest BCUT2D eigenvalue weighted by molar-refractivity contribution is 6.00. The van der Waals surface area contributed by atoms with Crippen molar-refractivity contribution in [2.24, 2.45) is 0 Å². The first-order valence-corrected chi connectivity index (χ1v) is 5.83. The van der Waals surface area contributed by atoms with Gasteiger partial charge in [0.2, 0.25) is 5.91 Å². The number of hydrogen-bond acceptors (Lipinski definition) is 3. The first-order chi connectivity index (χ1) is 9.45. The predicted molar refractivity (Wildman–Crippen MR) is 66.9 cm³/mol. The molecule has 106 valence electrons. The highest BCUT2D eigenvalue weighted by Gasteiger charge is 2.23. The number of benzene rings is 1. The van der Waals surface area contributed by atoms with Crippen LogP contribution in [0.15, 0.2) is 18.2 Å². The molecule has 3 amide bonds. The Morgan fingerprint density at radius 2 is 2.15 bits per heavy atom. The first-order valence-electron chi connectivity index (χ1n) is 5.83. The van der Waals surface area contributed by atoms with E-state index in [1.165, 1.54) is 0 Å². The number of carboxylic acids is 1. The van der Waals surface area contributed by atoms with Crippen molar-refractivity contribution in [3.8, 4) is 0 Å². The lowest BCUT2D eigenvalue weighted by Gasteiger charge is -2.13. The fourth-order valence-electron chi connectivity index (χ4n) is 1.85. The van der Waals surface area contributed by atoms with Crippen molar-refractivity contribution in [1.82, 2.24) is 10.6 Å². The molecule has 1 fully saturated rings. The quantitative estimate of drug-likeness (QED) is 0.648. The van der Waals surface area contributed by atoms with E-state index in [4.69, 9.17) is 5.11 Å². The molecule has 1 unspecified atom stereocenters. The van der Waals surface area contributed by atoms with Crippen LogP contribution in [0.4, 0.5) is 14.9 Å². The van der Waals surface area contributed by atoms with Gasteiger partial charge in [0, 0.05) is 13.0 Å². The predicted octanol–water partition coefficient (Wildman–Crippen LogP) is 0.534. The Morgan fingerprint density at radius 3 is 2.75 bits per heavy atom. The van der Waals surface area contributed by atoms with Crippen LogP contribution < -0.4 is 16.0 Å². The van der Waals surface area contributed by atoms with Crippen LogP contribution in [0.25, 0.3) is 0 Å². The van der Waals surface area contributed by atoms with E-state index in [-0.39, 0.29) is 29.6 Å². The van der Waals surface area contributed by atoms with Crippen LogP contribution in [0.2, 0.25) is 0 Å². The SMILES string of the molecule is O=C1CC(NC(=O)Nc2ccc(F)cc2C(=O)O)CN1. The fourth-order valence-corrected chi connectivity index (χ4v) is 1.85. The average Bonchev–Trinajstić information content (AvgIpc) is 2.76. The molecule has 0 spiro atoms. The van der Waals surface area contributed by atoms with E-state index >= 15 is 0 Å². The smallest absolute Gasteiger partial charge is 0.337 e. The molecule has 1 aromatic rings. The van der Waals surface area contributed by atoms with Gasteiger partial charge in [0.25, 0.3) is 0 Å². The Morgan fingerprint density at radius 1 is 1.40 bits per heavy atom. The lowest BCUT2D eigenvalue weighted by molar-refractivity contribution is -0.119. The molecule has 0 radical (unpaired) electrons. The van der Waals surface area contributed by atoms with Gasteiger partial charge >= 0.3 is 12.0 Å². The summed E-state index contributed by atoms with van der Waals surface area (Å²) in [7, 11) is 0. The van der Waals surface area contributed by atoms with E-state index < -0.39 is 17.8 Å². The summed E-state index contributed by atoms with van der Waals surface area (Å²) in [6.45, 7) is 0.321. The molecule has 4 N–H and O–H groups in total. The highest BCUT2D eigenvalue weighted by atomic mass is 19.1. The van der Waals surface area contributed by atoms with Gasteiger partial charge in [-0.25, -0.2) is 14.0 Å². The topological polar surface area (TPSA) is 108 Å². The van der Waals surface area contributed by atoms with Crippen molar-refractivity contribution >= 4 is 23.6 Å². The summed E-state index contributed by atoms with van der Waals surface area (Å²) in [5, 5.41) is 16.3. The summed E-state index contributed by atoms with van der Waals surface area (Å²) in [6, 6.07) is 2.02. The molecule has 2 rings (SSSR count). The zero-order valence-electron chi connectivity index (χ0n) is 10.3. The van der Waals surface area contributed by atoms with Crippen LogP contribution in [0.1, 0.15) is 16.8 Å². The number of rotatable bonds is 3. The zero-order chi connectivity index (χ0) is 14.7. The lowest BCUT2D eigenvalue weighted by Crippen LogP contribution is -2.39. The van der Waals surface area contributed by atoms with E-state index in [9.17, 15) is 18.8 Å². The largest absolute Gasteiger partial charge is 0.478 e. The number of urea groups is 1. The molecule has 1 atom stereocenters. The Labute approximate surface area is 113 Å². The molecule has 1 saturated heterocycles. The number of anilines is 1. The second-order valence-electron chi connectivity index (χ2n) is 4.30. The summed E-state index contributed by atoms with van der Waals surface area (Å²) in [5.74, 6) is -2.22. The number of amides is 3. The number of nitrogens with one attached hydrogen (secondary N) is 3. The number of hydrogen-bond donors (Lipinski definition) is 4. The van der Waals surface area contributed by atoms with Gasteiger partial charge in [0.15, 0.2) is 0 Å². The second kappa shape index (κ2) is 5.55. The molecule has 1 aromatic carbocycles. The van der Waals surface area contributed by atoms with Crippen molar-refractivity contribution in [3.05, 3.63) is 29.6 Å². The minimum Gasteiger partial charge on any atom is -0.478 e. The van der Waals surface area contributed by atoms with Crippen molar-refractivity contribution < 1.29 is 23.9 Å². The van der Waals surface area contributed by atoms with Crippen LogP contribution in [0.5, 0.6) is 0 Å². The molecular weight excluding hydrogens is 269 g/mol. The third-order valence-corrected chi connectivity index (χ3v) is 2.77. The number of carboxylic acid groups (broad SMARTS) is 1. The molecule has 8 heteroatoms. The number of carbonyl (C=O) groups is 3. The molecule has 1 aliphatic rings. The van der Waals surface area contributed by atoms with Gasteiger partial charge in [-0.05, 0) is 18.2 Å². The highest BCUT2D eigenvalue weighted by Crippen LogP contribution is 2.17. The molecule has 20 heavy (non-hydrogen) atoms. The maximum atomic E-state index is 13.0. The Balaban J connectivity index is 2.04. The van der Waals surface area contributed by atoms with E-state index in [0.717, 1.165) is 18.2 Å². The fraction of sp³-hybridized carbons (Fsp3) is 0.250. The van der Waals surface area contributed by atoms with Crippen LogP contribution in [-0.4, -0.2) is 35.6 Å². The van der Waals surface area contributed by atoms with Crippen molar-refractivity contribution in [3.63, 3.8) is 0 Å². The first kappa shape index (κ1) is 13.8. The van der Waals surface area contributed by atoms with Crippen molar-refractivity contribution in [2.75, 3.05) is 11.9 Å². The third kappa shape index (κ3) is 3.22. The summed E-state index contributed by atoms with van der Waals surface area (Å²) < 4.78 is 13.0. The number of aromatic carboxylic acids is 1. The maximum Gasteiger partial charge on any atom is 0.337 e. The van der Waals surface area contributed by atoms with Crippen LogP contribution >= 0.6 is 0 Å². The molecule has 0 saturated carbocycles. The van der Waals surface area contributed by atoms with Gasteiger partial charge in [0.05, 0.1) is 17.3 Å². The van der Waals surface area contributed by atoms with E-state index in [0.29, 0.717) is 6.54 Å². The molecule has 0 aromatic heterocycles. The summed E-state index contributed by atoms with van der Waals surface area (Å²) >= 11 is 0. The van der Waals surface area contributed by atoms with Crippen molar-refractivity contribution in [1.29, 1.82) is 0 Å². The summed E-state index contributed by atoms with van der Waals surface area (Å²) in [4.78, 5) is 33.6. The minimum atomic E-state index is -1.35. The number of halogens is 1. The monoisotopic (exact) mass is 281 g/mol. The summed E-state index contributed by atoms with van der Waals surface area (Å²) in [6.07, 6.45) is 0.169. The van der Waals surface area contributed by atoms with Crippen LogP contribution in [0, 0.1) is 5.82 Å². The van der Waals surface area contributed by atoms with Gasteiger partial charge < -0.3 is 21.1 Å². The Bertz CT molecular complexity index is 576. The van der Waals surface area contributed by atoms with Gasteiger partial charge in [0.1, 0.15) is 5.82 Å². The normalized spacial score (nSPS) is 17.4. The van der Waals surface area contributed by atoms with Crippen LogP contribution in [-0.2, 0) is 4.79 Å². The minimum absolute atomic E-state index is 0.0197. The van der Waals surface area contributed by atoms with Gasteiger partial charge in [-0.15, -0.1) is 0 Å². The van der Waals surface area contributed by atoms with E-state index in [1.54, 1.807) is 0 Å². The second-order valence-corrected chi connectivity index (χ2v) is 4.30. The molecule has 0 bridgehead atoms. The molecule has 1 aliphatic heterocycles. The van der Waals surface area contributed by atoms with Crippen LogP contribution in [0.3, 0.4) is 0 Å².